The largest absolute Gasteiger partial charge is 0.487 e. The highest BCUT2D eigenvalue weighted by Gasteiger charge is 2.35. The number of amides is 1. The third-order valence-corrected chi connectivity index (χ3v) is 6.11. The van der Waals surface area contributed by atoms with Crippen LogP contribution in [0.5, 0.6) is 5.75 Å². The smallest absolute Gasteiger partial charge is 0.241 e. The molecule has 156 valence electrons. The number of sulfonamides is 1. The third kappa shape index (κ3) is 5.09. The second-order valence-corrected chi connectivity index (χ2v) is 10.2. The van der Waals surface area contributed by atoms with Gasteiger partial charge in [-0.1, -0.05) is 29.8 Å². The number of nitrogens with one attached hydrogen (secondary N) is 1. The number of rotatable bonds is 5. The van der Waals surface area contributed by atoms with Crippen molar-refractivity contribution >= 4 is 21.6 Å². The van der Waals surface area contributed by atoms with Crippen molar-refractivity contribution < 1.29 is 17.9 Å². The van der Waals surface area contributed by atoms with E-state index in [2.05, 4.69) is 5.32 Å². The van der Waals surface area contributed by atoms with Crippen LogP contribution in [0, 0.1) is 13.8 Å². The maximum Gasteiger partial charge on any atom is 0.241 e. The summed E-state index contributed by atoms with van der Waals surface area (Å²) >= 11 is 0. The predicted molar refractivity (Wildman–Crippen MR) is 115 cm³/mol. The molecular formula is C22H28N2O4S. The number of fused-ring (bicyclic) bond motifs is 1. The van der Waals surface area contributed by atoms with Crippen LogP contribution in [0.25, 0.3) is 0 Å². The van der Waals surface area contributed by atoms with Crippen molar-refractivity contribution in [1.82, 2.24) is 5.32 Å². The zero-order chi connectivity index (χ0) is 21.4. The first kappa shape index (κ1) is 21.2. The van der Waals surface area contributed by atoms with E-state index in [0.29, 0.717) is 12.1 Å². The van der Waals surface area contributed by atoms with Crippen molar-refractivity contribution in [3.63, 3.8) is 0 Å². The maximum absolute atomic E-state index is 12.8. The van der Waals surface area contributed by atoms with Gasteiger partial charge >= 0.3 is 0 Å². The molecule has 0 radical (unpaired) electrons. The molecule has 0 unspecified atom stereocenters. The lowest BCUT2D eigenvalue weighted by Crippen LogP contribution is -2.45. The summed E-state index contributed by atoms with van der Waals surface area (Å²) in [7, 11) is -3.61. The van der Waals surface area contributed by atoms with Crippen LogP contribution in [-0.4, -0.2) is 32.7 Å². The van der Waals surface area contributed by atoms with Crippen LogP contribution >= 0.6 is 0 Å². The number of nitrogens with zero attached hydrogens (tertiary/aromatic N) is 1. The summed E-state index contributed by atoms with van der Waals surface area (Å²) in [5.74, 6) is 0.398. The quantitative estimate of drug-likeness (QED) is 0.810. The van der Waals surface area contributed by atoms with E-state index in [1.54, 1.807) is 12.1 Å². The van der Waals surface area contributed by atoms with E-state index in [4.69, 9.17) is 4.74 Å². The fraction of sp³-hybridized carbons (Fsp3) is 0.409. The van der Waals surface area contributed by atoms with Crippen molar-refractivity contribution in [2.75, 3.05) is 17.1 Å². The van der Waals surface area contributed by atoms with E-state index < -0.39 is 15.6 Å². The Morgan fingerprint density at radius 3 is 2.38 bits per heavy atom. The predicted octanol–water partition coefficient (Wildman–Crippen LogP) is 3.49. The molecule has 1 aliphatic rings. The topological polar surface area (TPSA) is 75.7 Å². The van der Waals surface area contributed by atoms with Crippen molar-refractivity contribution in [1.29, 1.82) is 0 Å². The Morgan fingerprint density at radius 1 is 1.14 bits per heavy atom. The van der Waals surface area contributed by atoms with E-state index in [1.165, 1.54) is 0 Å². The highest BCUT2D eigenvalue weighted by atomic mass is 32.2. The van der Waals surface area contributed by atoms with Gasteiger partial charge in [-0.25, -0.2) is 8.42 Å². The molecular weight excluding hydrogens is 388 g/mol. The van der Waals surface area contributed by atoms with Crippen molar-refractivity contribution in [3.8, 4) is 5.75 Å². The van der Waals surface area contributed by atoms with Gasteiger partial charge in [0, 0.05) is 12.0 Å². The Labute approximate surface area is 172 Å². The molecule has 2 aromatic rings. The summed E-state index contributed by atoms with van der Waals surface area (Å²) in [6, 6.07) is 12.7. The molecule has 1 atom stereocenters. The minimum atomic E-state index is -3.61. The Hall–Kier alpha value is -2.54. The van der Waals surface area contributed by atoms with Gasteiger partial charge < -0.3 is 10.1 Å². The second kappa shape index (κ2) is 7.71. The summed E-state index contributed by atoms with van der Waals surface area (Å²) < 4.78 is 31.8. The van der Waals surface area contributed by atoms with Gasteiger partial charge in [-0.05, 0) is 51.5 Å². The van der Waals surface area contributed by atoms with Crippen LogP contribution in [0.15, 0.2) is 42.5 Å². The minimum absolute atomic E-state index is 0.249. The van der Waals surface area contributed by atoms with E-state index in [-0.39, 0.29) is 18.5 Å². The molecule has 1 amide bonds. The molecule has 29 heavy (non-hydrogen) atoms. The standard InChI is InChI=1S/C22H28N2O4S/c1-15-6-9-17(10-7-15)24(29(5,26)27)14-21(25)23-19-13-22(3,4)28-20-12-16(2)8-11-18(19)20/h6-12,19H,13-14H2,1-5H3,(H,23,25)/t19-/m0/s1. The van der Waals surface area contributed by atoms with Gasteiger partial charge in [0.25, 0.3) is 0 Å². The van der Waals surface area contributed by atoms with E-state index in [0.717, 1.165) is 33.0 Å². The number of hydrogen-bond donors (Lipinski definition) is 1. The summed E-state index contributed by atoms with van der Waals surface area (Å²) in [4.78, 5) is 12.8. The summed E-state index contributed by atoms with van der Waals surface area (Å²) in [5.41, 5.74) is 3.03. The van der Waals surface area contributed by atoms with E-state index in [1.807, 2.05) is 58.0 Å². The fourth-order valence-corrected chi connectivity index (χ4v) is 4.43. The molecule has 0 saturated heterocycles. The van der Waals surface area contributed by atoms with Gasteiger partial charge in [-0.15, -0.1) is 0 Å². The average Bonchev–Trinajstić information content (AvgIpc) is 2.58. The number of aryl methyl sites for hydroxylation is 2. The highest BCUT2D eigenvalue weighted by Crippen LogP contribution is 2.39. The third-order valence-electron chi connectivity index (χ3n) is 4.97. The molecule has 1 N–H and O–H groups in total. The Kier molecular flexibility index (Phi) is 5.63. The van der Waals surface area contributed by atoms with Gasteiger partial charge in [0.15, 0.2) is 0 Å². The number of carbonyl (C=O) groups excluding carboxylic acids is 1. The summed E-state index contributed by atoms with van der Waals surface area (Å²) in [6.07, 6.45) is 1.70. The lowest BCUT2D eigenvalue weighted by atomic mass is 9.89. The molecule has 3 rings (SSSR count). The van der Waals surface area contributed by atoms with E-state index >= 15 is 0 Å². The zero-order valence-electron chi connectivity index (χ0n) is 17.5. The lowest BCUT2D eigenvalue weighted by molar-refractivity contribution is -0.120. The fourth-order valence-electron chi connectivity index (χ4n) is 3.57. The molecule has 1 aliphatic heterocycles. The van der Waals surface area contributed by atoms with Crippen LogP contribution in [0.3, 0.4) is 0 Å². The number of anilines is 1. The molecule has 0 aromatic heterocycles. The van der Waals surface area contributed by atoms with Crippen LogP contribution in [-0.2, 0) is 14.8 Å². The van der Waals surface area contributed by atoms with Crippen LogP contribution in [0.1, 0.15) is 43.0 Å². The van der Waals surface area contributed by atoms with Gasteiger partial charge in [0.2, 0.25) is 15.9 Å². The Balaban J connectivity index is 1.83. The molecule has 0 aliphatic carbocycles. The van der Waals surface area contributed by atoms with Crippen molar-refractivity contribution in [3.05, 3.63) is 59.2 Å². The summed E-state index contributed by atoms with van der Waals surface area (Å²) in [5, 5.41) is 3.01. The number of ether oxygens (including phenoxy) is 1. The second-order valence-electron chi connectivity index (χ2n) is 8.33. The van der Waals surface area contributed by atoms with Gasteiger partial charge in [-0.3, -0.25) is 9.10 Å². The first-order chi connectivity index (χ1) is 13.4. The molecule has 0 spiro atoms. The monoisotopic (exact) mass is 416 g/mol. The number of hydrogen-bond acceptors (Lipinski definition) is 4. The average molecular weight is 417 g/mol. The van der Waals surface area contributed by atoms with Crippen LogP contribution < -0.4 is 14.4 Å². The molecule has 6 nitrogen and oxygen atoms in total. The zero-order valence-corrected chi connectivity index (χ0v) is 18.3. The molecule has 2 aromatic carbocycles. The number of carbonyl (C=O) groups is 1. The van der Waals surface area contributed by atoms with Crippen molar-refractivity contribution in [2.24, 2.45) is 0 Å². The lowest BCUT2D eigenvalue weighted by Gasteiger charge is -2.38. The molecule has 0 saturated carbocycles. The maximum atomic E-state index is 12.8. The molecule has 0 fully saturated rings. The number of benzene rings is 2. The van der Waals surface area contributed by atoms with Crippen LogP contribution in [0.4, 0.5) is 5.69 Å². The summed E-state index contributed by atoms with van der Waals surface area (Å²) in [6.45, 7) is 7.59. The first-order valence-electron chi connectivity index (χ1n) is 9.58. The Bertz CT molecular complexity index is 1010. The Morgan fingerprint density at radius 2 is 1.76 bits per heavy atom. The van der Waals surface area contributed by atoms with E-state index in [9.17, 15) is 13.2 Å². The minimum Gasteiger partial charge on any atom is -0.487 e. The highest BCUT2D eigenvalue weighted by molar-refractivity contribution is 7.92. The van der Waals surface area contributed by atoms with Gasteiger partial charge in [0.05, 0.1) is 18.0 Å². The molecule has 1 heterocycles. The SMILES string of the molecule is Cc1ccc(N(CC(=O)N[C@H]2CC(C)(C)Oc3cc(C)ccc32)S(C)(=O)=O)cc1. The van der Waals surface area contributed by atoms with Crippen molar-refractivity contribution in [2.45, 2.75) is 45.8 Å². The molecule has 7 heteroatoms. The van der Waals surface area contributed by atoms with Gasteiger partial charge in [-0.2, -0.15) is 0 Å². The molecule has 0 bridgehead atoms. The van der Waals surface area contributed by atoms with Crippen LogP contribution in [0.2, 0.25) is 0 Å². The normalized spacial score (nSPS) is 17.8. The van der Waals surface area contributed by atoms with Gasteiger partial charge in [0.1, 0.15) is 17.9 Å². The first-order valence-corrected chi connectivity index (χ1v) is 11.4.